The Bertz CT molecular complexity index is 1080. The van der Waals surface area contributed by atoms with Crippen LogP contribution >= 0.6 is 11.3 Å². The van der Waals surface area contributed by atoms with Crippen molar-refractivity contribution in [3.8, 4) is 0 Å². The van der Waals surface area contributed by atoms with Gasteiger partial charge in [-0.15, -0.1) is 0 Å². The van der Waals surface area contributed by atoms with E-state index < -0.39 is 11.7 Å². The van der Waals surface area contributed by atoms with Crippen LogP contribution in [0.5, 0.6) is 0 Å². The number of anilines is 2. The first-order valence-corrected chi connectivity index (χ1v) is 10.6. The van der Waals surface area contributed by atoms with E-state index in [2.05, 4.69) is 29.3 Å². The van der Waals surface area contributed by atoms with Crippen LogP contribution in [0.4, 0.5) is 24.0 Å². The molecule has 0 bridgehead atoms. The van der Waals surface area contributed by atoms with Gasteiger partial charge >= 0.3 is 6.18 Å². The molecule has 0 atom stereocenters. The zero-order valence-electron chi connectivity index (χ0n) is 16.7. The fourth-order valence-electron chi connectivity index (χ4n) is 3.90. The summed E-state index contributed by atoms with van der Waals surface area (Å²) in [6.07, 6.45) is -3.35. The van der Waals surface area contributed by atoms with Crippen LogP contribution < -0.4 is 10.2 Å². The molecular weight excluding hydrogens is 411 g/mol. The average Bonchev–Trinajstić information content (AvgIpc) is 3.12. The molecule has 1 N–H and O–H groups in total. The molecule has 2 heterocycles. The van der Waals surface area contributed by atoms with Gasteiger partial charge in [-0.1, -0.05) is 29.5 Å². The van der Waals surface area contributed by atoms with Gasteiger partial charge in [0.15, 0.2) is 5.13 Å². The third-order valence-corrected chi connectivity index (χ3v) is 6.51. The predicted octanol–water partition coefficient (Wildman–Crippen LogP) is 5.79. The van der Waals surface area contributed by atoms with E-state index in [0.29, 0.717) is 25.9 Å². The summed E-state index contributed by atoms with van der Waals surface area (Å²) in [7, 11) is 0. The van der Waals surface area contributed by atoms with Crippen molar-refractivity contribution in [2.24, 2.45) is 5.92 Å². The number of piperidine rings is 1. The summed E-state index contributed by atoms with van der Waals surface area (Å²) in [6.45, 7) is 5.41. The number of carbonyl (C=O) groups excluding carboxylic acids is 1. The molecular formula is C22H22F3N3OS. The third-order valence-electron chi connectivity index (χ3n) is 5.45. The number of carbonyl (C=O) groups is 1. The summed E-state index contributed by atoms with van der Waals surface area (Å²) in [5.74, 6) is -0.678. The van der Waals surface area contributed by atoms with Crippen molar-refractivity contribution >= 4 is 38.3 Å². The maximum atomic E-state index is 13.2. The fraction of sp³-hybridized carbons (Fsp3) is 0.364. The van der Waals surface area contributed by atoms with E-state index in [1.54, 1.807) is 11.3 Å². The molecule has 30 heavy (non-hydrogen) atoms. The molecule has 3 aromatic rings. The molecule has 0 unspecified atom stereocenters. The molecule has 4 nitrogen and oxygen atoms in total. The van der Waals surface area contributed by atoms with Crippen LogP contribution in [0.1, 0.15) is 29.5 Å². The normalized spacial score (nSPS) is 15.6. The van der Waals surface area contributed by atoms with Gasteiger partial charge in [0.1, 0.15) is 0 Å². The highest BCUT2D eigenvalue weighted by molar-refractivity contribution is 7.22. The topological polar surface area (TPSA) is 45.2 Å². The number of benzene rings is 2. The maximum Gasteiger partial charge on any atom is 0.418 e. The summed E-state index contributed by atoms with van der Waals surface area (Å²) in [5, 5.41) is 3.42. The number of fused-ring (bicyclic) bond motifs is 1. The predicted molar refractivity (Wildman–Crippen MR) is 114 cm³/mol. The minimum atomic E-state index is -4.50. The summed E-state index contributed by atoms with van der Waals surface area (Å²) >= 11 is 1.64. The monoisotopic (exact) mass is 433 g/mol. The maximum absolute atomic E-state index is 13.2. The molecule has 0 radical (unpaired) electrons. The lowest BCUT2D eigenvalue weighted by Crippen LogP contribution is -2.38. The summed E-state index contributed by atoms with van der Waals surface area (Å²) in [6, 6.07) is 9.32. The Hall–Kier alpha value is -2.61. The Morgan fingerprint density at radius 1 is 1.17 bits per heavy atom. The largest absolute Gasteiger partial charge is 0.418 e. The second-order valence-electron chi connectivity index (χ2n) is 7.72. The van der Waals surface area contributed by atoms with Crippen LogP contribution in [-0.2, 0) is 11.0 Å². The Kier molecular flexibility index (Phi) is 5.44. The first-order chi connectivity index (χ1) is 14.2. The average molecular weight is 433 g/mol. The summed E-state index contributed by atoms with van der Waals surface area (Å²) in [4.78, 5) is 19.5. The van der Waals surface area contributed by atoms with E-state index in [1.807, 2.05) is 6.92 Å². The van der Waals surface area contributed by atoms with E-state index in [-0.39, 0.29) is 17.5 Å². The molecule has 1 aromatic heterocycles. The van der Waals surface area contributed by atoms with Crippen molar-refractivity contribution in [1.82, 2.24) is 4.98 Å². The minimum absolute atomic E-state index is 0.186. The van der Waals surface area contributed by atoms with Gasteiger partial charge in [-0.2, -0.15) is 13.2 Å². The van der Waals surface area contributed by atoms with E-state index in [9.17, 15) is 18.0 Å². The van der Waals surface area contributed by atoms with E-state index in [4.69, 9.17) is 4.98 Å². The molecule has 0 spiro atoms. The van der Waals surface area contributed by atoms with Crippen LogP contribution in [0.2, 0.25) is 0 Å². The van der Waals surface area contributed by atoms with E-state index in [1.165, 1.54) is 23.8 Å². The van der Waals surface area contributed by atoms with Crippen LogP contribution in [-0.4, -0.2) is 24.0 Å². The van der Waals surface area contributed by atoms with Crippen molar-refractivity contribution in [2.75, 3.05) is 23.3 Å². The standard InChI is InChI=1S/C22H22F3N3OS/c1-13-11-14(2)19-18(12-13)30-21(27-19)28-9-7-15(8-10-28)20(29)26-17-6-4-3-5-16(17)22(23,24)25/h3-6,11-12,15H,7-10H2,1-2H3,(H,26,29). The van der Waals surface area contributed by atoms with Gasteiger partial charge < -0.3 is 10.2 Å². The van der Waals surface area contributed by atoms with Crippen molar-refractivity contribution in [3.63, 3.8) is 0 Å². The Morgan fingerprint density at radius 3 is 2.57 bits per heavy atom. The Labute approximate surface area is 176 Å². The van der Waals surface area contributed by atoms with Gasteiger partial charge in [0.05, 0.1) is 21.5 Å². The lowest BCUT2D eigenvalue weighted by molar-refractivity contribution is -0.137. The highest BCUT2D eigenvalue weighted by atomic mass is 32.1. The van der Waals surface area contributed by atoms with Crippen LogP contribution in [0, 0.1) is 19.8 Å². The number of hydrogen-bond acceptors (Lipinski definition) is 4. The highest BCUT2D eigenvalue weighted by Crippen LogP contribution is 2.36. The van der Waals surface area contributed by atoms with E-state index >= 15 is 0 Å². The van der Waals surface area contributed by atoms with Gasteiger partial charge in [-0.25, -0.2) is 4.98 Å². The quantitative estimate of drug-likeness (QED) is 0.569. The summed E-state index contributed by atoms with van der Waals surface area (Å²) < 4.78 is 40.6. The number of hydrogen-bond donors (Lipinski definition) is 1. The number of para-hydroxylation sites is 1. The zero-order chi connectivity index (χ0) is 21.5. The van der Waals surface area contributed by atoms with E-state index in [0.717, 1.165) is 27.0 Å². The molecule has 1 amide bonds. The van der Waals surface area contributed by atoms with Crippen molar-refractivity contribution in [2.45, 2.75) is 32.9 Å². The van der Waals surface area contributed by atoms with Crippen molar-refractivity contribution < 1.29 is 18.0 Å². The number of halogens is 3. The number of rotatable bonds is 3. The molecule has 1 aliphatic rings. The lowest BCUT2D eigenvalue weighted by Gasteiger charge is -2.31. The van der Waals surface area contributed by atoms with Crippen LogP contribution in [0.15, 0.2) is 36.4 Å². The number of aromatic nitrogens is 1. The number of nitrogens with one attached hydrogen (secondary N) is 1. The second kappa shape index (κ2) is 7.91. The first-order valence-electron chi connectivity index (χ1n) is 9.82. The number of nitrogens with zero attached hydrogens (tertiary/aromatic N) is 2. The Balaban J connectivity index is 1.43. The number of alkyl halides is 3. The molecule has 2 aromatic carbocycles. The molecule has 158 valence electrons. The molecule has 0 aliphatic carbocycles. The first kappa shape index (κ1) is 20.7. The van der Waals surface area contributed by atoms with Gasteiger partial charge in [-0.3, -0.25) is 4.79 Å². The minimum Gasteiger partial charge on any atom is -0.348 e. The molecule has 1 fully saturated rings. The summed E-state index contributed by atoms with van der Waals surface area (Å²) in [5.41, 5.74) is 2.34. The van der Waals surface area contributed by atoms with Crippen molar-refractivity contribution in [1.29, 1.82) is 0 Å². The van der Waals surface area contributed by atoms with Gasteiger partial charge in [-0.05, 0) is 56.0 Å². The fourth-order valence-corrected chi connectivity index (χ4v) is 5.09. The van der Waals surface area contributed by atoms with Crippen LogP contribution in [0.3, 0.4) is 0 Å². The van der Waals surface area contributed by atoms with Gasteiger partial charge in [0, 0.05) is 19.0 Å². The second-order valence-corrected chi connectivity index (χ2v) is 8.73. The Morgan fingerprint density at radius 2 is 1.87 bits per heavy atom. The smallest absolute Gasteiger partial charge is 0.348 e. The SMILES string of the molecule is Cc1cc(C)c2nc(N3CCC(C(=O)Nc4ccccc4C(F)(F)F)CC3)sc2c1. The molecule has 1 saturated heterocycles. The highest BCUT2D eigenvalue weighted by Gasteiger charge is 2.34. The molecule has 8 heteroatoms. The van der Waals surface area contributed by atoms with Gasteiger partial charge in [0.25, 0.3) is 0 Å². The zero-order valence-corrected chi connectivity index (χ0v) is 17.5. The number of thiazole rings is 1. The molecule has 0 saturated carbocycles. The molecule has 1 aliphatic heterocycles. The third kappa shape index (κ3) is 4.14. The number of amides is 1. The number of aryl methyl sites for hydroxylation is 2. The van der Waals surface area contributed by atoms with Crippen molar-refractivity contribution in [3.05, 3.63) is 53.1 Å². The van der Waals surface area contributed by atoms with Crippen LogP contribution in [0.25, 0.3) is 10.2 Å². The lowest BCUT2D eigenvalue weighted by atomic mass is 9.96. The van der Waals surface area contributed by atoms with Gasteiger partial charge in [0.2, 0.25) is 5.91 Å². The molecule has 4 rings (SSSR count).